The summed E-state index contributed by atoms with van der Waals surface area (Å²) in [6.07, 6.45) is 11.6. The van der Waals surface area contributed by atoms with Crippen LogP contribution in [0, 0.1) is 0 Å². The molecule has 102 valence electrons. The third kappa shape index (κ3) is 22.1. The van der Waals surface area contributed by atoms with Crippen molar-refractivity contribution in [1.29, 1.82) is 0 Å². The van der Waals surface area contributed by atoms with Crippen LogP contribution in [-0.2, 0) is 4.79 Å². The molecule has 0 radical (unpaired) electrons. The summed E-state index contributed by atoms with van der Waals surface area (Å²) in [6.45, 7) is 5.85. The van der Waals surface area contributed by atoms with Crippen molar-refractivity contribution in [3.05, 3.63) is 24.3 Å². The summed E-state index contributed by atoms with van der Waals surface area (Å²) in [5, 5.41) is 0. The molecule has 0 heterocycles. The Morgan fingerprint density at radius 2 is 1.47 bits per heavy atom. The molecule has 0 bridgehead atoms. The van der Waals surface area contributed by atoms with Gasteiger partial charge in [0.1, 0.15) is 0 Å². The average Bonchev–Trinajstić information content (AvgIpc) is 2.44. The van der Waals surface area contributed by atoms with Gasteiger partial charge in [-0.05, 0) is 12.8 Å². The largest absolute Gasteiger partial charge is 0.349 e. The van der Waals surface area contributed by atoms with Gasteiger partial charge in [-0.1, -0.05) is 45.1 Å². The van der Waals surface area contributed by atoms with Gasteiger partial charge in [0.2, 0.25) is 5.91 Å². The van der Waals surface area contributed by atoms with Gasteiger partial charge in [-0.15, -0.1) is 0 Å². The molecule has 4 heteroatoms. The second-order valence-corrected chi connectivity index (χ2v) is 3.08. The normalized spacial score (nSPS) is 10.8. The molecule has 1 aliphatic rings. The first kappa shape index (κ1) is 22.6. The number of carbonyl (C=O) groups is 1. The lowest BCUT2D eigenvalue weighted by Crippen LogP contribution is -2.19. The highest BCUT2D eigenvalue weighted by molar-refractivity contribution is 15.0. The van der Waals surface area contributed by atoms with Crippen LogP contribution >= 0.6 is 37.2 Å². The average molecular weight is 465 g/mol. The van der Waals surface area contributed by atoms with Crippen molar-refractivity contribution in [2.24, 2.45) is 0 Å². The van der Waals surface area contributed by atoms with Crippen molar-refractivity contribution in [3.63, 3.8) is 0 Å². The molecule has 2 nitrogen and oxygen atoms in total. The van der Waals surface area contributed by atoms with E-state index in [4.69, 9.17) is 0 Å². The maximum absolute atomic E-state index is 10.4. The third-order valence-electron chi connectivity index (χ3n) is 1.68. The molecule has 1 aliphatic carbocycles. The molecule has 0 aromatic carbocycles. The molecule has 0 spiro atoms. The Hall–Kier alpha value is 0.410. The van der Waals surface area contributed by atoms with E-state index in [1.165, 1.54) is 12.8 Å². The lowest BCUT2D eigenvalue weighted by Gasteiger charge is -2.05. The highest BCUT2D eigenvalue weighted by Gasteiger charge is 1.95. The molecule has 0 fully saturated rings. The predicted octanol–water partition coefficient (Wildman–Crippen LogP) is 5.17. The maximum Gasteiger partial charge on any atom is 0.221 e. The number of amides is 1. The van der Waals surface area contributed by atoms with Crippen LogP contribution in [0.15, 0.2) is 24.3 Å². The Balaban J connectivity index is -0.000000179. The van der Waals surface area contributed by atoms with Crippen LogP contribution in [0.5, 0.6) is 0 Å². The van der Waals surface area contributed by atoms with Gasteiger partial charge in [0.25, 0.3) is 0 Å². The summed E-state index contributed by atoms with van der Waals surface area (Å²) in [4.78, 5) is 12.0. The van der Waals surface area contributed by atoms with Crippen LogP contribution in [0.3, 0.4) is 0 Å². The van der Waals surface area contributed by atoms with Crippen molar-refractivity contribution in [1.82, 2.24) is 4.90 Å². The lowest BCUT2D eigenvalue weighted by atomic mass is 10.2. The van der Waals surface area contributed by atoms with Gasteiger partial charge in [-0.3, -0.25) is 4.79 Å². The standard InChI is InChI=1S/C6H8.C5H11NO.C2H6.I2/c1-2-4-6-5-3-1;1-4-5(7)6(2)3;2*1-2/h1-4H,5-6H2;4H2,1-3H3;1-2H3;. The van der Waals surface area contributed by atoms with Crippen LogP contribution < -0.4 is 0 Å². The molecule has 0 saturated carbocycles. The summed E-state index contributed by atoms with van der Waals surface area (Å²) in [7, 11) is 3.51. The first-order valence-corrected chi connectivity index (χ1v) is 12.1. The summed E-state index contributed by atoms with van der Waals surface area (Å²) in [6, 6.07) is 0. The molecule has 0 saturated heterocycles. The first-order valence-electron chi connectivity index (χ1n) is 5.84. The second-order valence-electron chi connectivity index (χ2n) is 3.08. The Morgan fingerprint density at radius 3 is 1.53 bits per heavy atom. The van der Waals surface area contributed by atoms with E-state index in [1.807, 2.05) is 20.8 Å². The van der Waals surface area contributed by atoms with Crippen LogP contribution in [-0.4, -0.2) is 24.9 Å². The quantitative estimate of drug-likeness (QED) is 0.490. The van der Waals surface area contributed by atoms with Gasteiger partial charge >= 0.3 is 0 Å². The summed E-state index contributed by atoms with van der Waals surface area (Å²) >= 11 is 4.24. The van der Waals surface area contributed by atoms with Crippen molar-refractivity contribution in [2.45, 2.75) is 40.0 Å². The molecular weight excluding hydrogens is 440 g/mol. The van der Waals surface area contributed by atoms with Gasteiger partial charge in [-0.2, -0.15) is 0 Å². The van der Waals surface area contributed by atoms with E-state index < -0.39 is 0 Å². The van der Waals surface area contributed by atoms with E-state index in [-0.39, 0.29) is 5.91 Å². The minimum absolute atomic E-state index is 0.181. The van der Waals surface area contributed by atoms with Gasteiger partial charge in [0, 0.05) is 57.7 Å². The highest BCUT2D eigenvalue weighted by atomic mass is 128. The Labute approximate surface area is 130 Å². The number of allylic oxidation sites excluding steroid dienone is 4. The predicted molar refractivity (Wildman–Crippen MR) is 95.9 cm³/mol. The number of halogens is 2. The van der Waals surface area contributed by atoms with E-state index >= 15 is 0 Å². The Bertz CT molecular complexity index is 190. The van der Waals surface area contributed by atoms with Gasteiger partial charge in [0.15, 0.2) is 0 Å². The van der Waals surface area contributed by atoms with Gasteiger partial charge in [-0.25, -0.2) is 0 Å². The fraction of sp³-hybridized carbons (Fsp3) is 0.615. The molecule has 0 aromatic heterocycles. The van der Waals surface area contributed by atoms with Crippen molar-refractivity contribution in [3.8, 4) is 0 Å². The highest BCUT2D eigenvalue weighted by Crippen LogP contribution is 1.98. The zero-order valence-corrected chi connectivity index (χ0v) is 15.9. The zero-order chi connectivity index (χ0) is 14.1. The molecule has 0 aromatic rings. The van der Waals surface area contributed by atoms with E-state index in [2.05, 4.69) is 61.5 Å². The molecule has 1 rings (SSSR count). The third-order valence-corrected chi connectivity index (χ3v) is 1.68. The van der Waals surface area contributed by atoms with E-state index in [9.17, 15) is 4.79 Å². The van der Waals surface area contributed by atoms with E-state index in [1.54, 1.807) is 19.0 Å². The molecule has 0 aliphatic heterocycles. The fourth-order valence-corrected chi connectivity index (χ4v) is 0.858. The number of hydrogen-bond acceptors (Lipinski definition) is 1. The van der Waals surface area contributed by atoms with Crippen molar-refractivity contribution in [2.75, 3.05) is 14.1 Å². The van der Waals surface area contributed by atoms with Crippen LogP contribution in [0.1, 0.15) is 40.0 Å². The summed E-state index contributed by atoms with van der Waals surface area (Å²) in [5.74, 6) is 0.181. The Kier molecular flexibility index (Phi) is 28.8. The molecular formula is C13H25I2NO. The van der Waals surface area contributed by atoms with Crippen LogP contribution in [0.25, 0.3) is 0 Å². The lowest BCUT2D eigenvalue weighted by molar-refractivity contribution is -0.128. The molecule has 0 unspecified atom stereocenters. The van der Waals surface area contributed by atoms with Crippen molar-refractivity contribution < 1.29 is 4.79 Å². The van der Waals surface area contributed by atoms with Crippen LogP contribution in [0.4, 0.5) is 0 Å². The SMILES string of the molecule is C1=CCCC=C1.CC.CCC(=O)N(C)C.II. The van der Waals surface area contributed by atoms with Crippen molar-refractivity contribution >= 4 is 43.1 Å². The summed E-state index contributed by atoms with van der Waals surface area (Å²) in [5.41, 5.74) is 0. The van der Waals surface area contributed by atoms with Gasteiger partial charge in [0.05, 0.1) is 0 Å². The van der Waals surface area contributed by atoms with E-state index in [0.717, 1.165) is 0 Å². The number of carbonyl (C=O) groups excluding carboxylic acids is 1. The molecule has 0 atom stereocenters. The second kappa shape index (κ2) is 21.7. The first-order chi connectivity index (χ1) is 8.18. The monoisotopic (exact) mass is 465 g/mol. The van der Waals surface area contributed by atoms with Crippen LogP contribution in [0.2, 0.25) is 0 Å². The molecule has 1 amide bonds. The minimum Gasteiger partial charge on any atom is -0.349 e. The maximum atomic E-state index is 10.4. The molecule has 0 N–H and O–H groups in total. The fourth-order valence-electron chi connectivity index (χ4n) is 0.858. The molecule has 17 heavy (non-hydrogen) atoms. The van der Waals surface area contributed by atoms with E-state index in [0.29, 0.717) is 6.42 Å². The Morgan fingerprint density at radius 1 is 1.12 bits per heavy atom. The number of nitrogens with zero attached hydrogens (tertiary/aromatic N) is 1. The number of hydrogen-bond donors (Lipinski definition) is 0. The van der Waals surface area contributed by atoms with Gasteiger partial charge < -0.3 is 4.90 Å². The summed E-state index contributed by atoms with van der Waals surface area (Å²) < 4.78 is 0. The smallest absolute Gasteiger partial charge is 0.221 e. The topological polar surface area (TPSA) is 20.3 Å². The zero-order valence-electron chi connectivity index (χ0n) is 11.5. The number of rotatable bonds is 1. The minimum atomic E-state index is 0.181.